The summed E-state index contributed by atoms with van der Waals surface area (Å²) in [4.78, 5) is 16.1. The SMILES string of the molecule is CCn1cc2nc(Cl)nc(-c3cn(C4CN(CC5CC5)C4)c4cnc(C#CC(C)(C)O)cc34)c2n1. The van der Waals surface area contributed by atoms with Crippen LogP contribution in [0, 0.1) is 17.8 Å². The number of aliphatic hydroxyl groups is 1. The summed E-state index contributed by atoms with van der Waals surface area (Å²) < 4.78 is 4.16. The van der Waals surface area contributed by atoms with E-state index in [1.54, 1.807) is 13.8 Å². The van der Waals surface area contributed by atoms with Crippen molar-refractivity contribution in [3.8, 4) is 23.1 Å². The third-order valence-corrected chi connectivity index (χ3v) is 6.89. The summed E-state index contributed by atoms with van der Waals surface area (Å²) in [5.74, 6) is 6.76. The Morgan fingerprint density at radius 3 is 2.71 bits per heavy atom. The van der Waals surface area contributed by atoms with Gasteiger partial charge in [-0.2, -0.15) is 5.10 Å². The molecule has 1 aliphatic carbocycles. The highest BCUT2D eigenvalue weighted by Crippen LogP contribution is 2.38. The molecule has 6 rings (SSSR count). The zero-order valence-electron chi connectivity index (χ0n) is 20.2. The van der Waals surface area contributed by atoms with Crippen molar-refractivity contribution in [1.29, 1.82) is 0 Å². The quantitative estimate of drug-likeness (QED) is 0.338. The zero-order valence-corrected chi connectivity index (χ0v) is 20.9. The van der Waals surface area contributed by atoms with E-state index in [1.165, 1.54) is 19.4 Å². The summed E-state index contributed by atoms with van der Waals surface area (Å²) in [6, 6.07) is 2.35. The van der Waals surface area contributed by atoms with Crippen LogP contribution in [0.3, 0.4) is 0 Å². The van der Waals surface area contributed by atoms with Gasteiger partial charge >= 0.3 is 0 Å². The highest BCUT2D eigenvalue weighted by Gasteiger charge is 2.34. The molecule has 1 saturated carbocycles. The third-order valence-electron chi connectivity index (χ3n) is 6.72. The van der Waals surface area contributed by atoms with Gasteiger partial charge in [-0.1, -0.05) is 5.92 Å². The Morgan fingerprint density at radius 1 is 1.20 bits per heavy atom. The van der Waals surface area contributed by atoms with E-state index in [9.17, 15) is 5.11 Å². The monoisotopic (exact) mass is 489 g/mol. The van der Waals surface area contributed by atoms with E-state index >= 15 is 0 Å². The molecule has 0 bridgehead atoms. The van der Waals surface area contributed by atoms with Gasteiger partial charge in [-0.15, -0.1) is 0 Å². The van der Waals surface area contributed by atoms with Crippen molar-refractivity contribution in [3.05, 3.63) is 35.6 Å². The summed E-state index contributed by atoms with van der Waals surface area (Å²) in [6.45, 7) is 9.36. The van der Waals surface area contributed by atoms with Gasteiger partial charge < -0.3 is 9.67 Å². The lowest BCUT2D eigenvalue weighted by Crippen LogP contribution is -2.48. The third kappa shape index (κ3) is 4.40. The maximum atomic E-state index is 10.1. The maximum absolute atomic E-state index is 10.1. The minimum absolute atomic E-state index is 0.194. The fraction of sp³-hybridized carbons (Fsp3) is 0.462. The molecule has 0 spiro atoms. The van der Waals surface area contributed by atoms with Crippen molar-refractivity contribution in [3.63, 3.8) is 0 Å². The standard InChI is InChI=1S/C26H28ClN7O/c1-4-33-15-21-24(31-33)23(30-25(27)29-21)20-14-34(18-12-32(13-18)11-16-5-6-16)22-10-28-17(9-19(20)22)7-8-26(2,3)35/h9-10,14-16,18,35H,4-6,11-13H2,1-3H3. The van der Waals surface area contributed by atoms with E-state index in [0.717, 1.165) is 53.1 Å². The van der Waals surface area contributed by atoms with Crippen LogP contribution in [0.25, 0.3) is 33.2 Å². The van der Waals surface area contributed by atoms with Crippen molar-refractivity contribution < 1.29 is 5.11 Å². The molecule has 180 valence electrons. The number of aromatic nitrogens is 6. The van der Waals surface area contributed by atoms with Crippen LogP contribution in [-0.4, -0.2) is 64.5 Å². The van der Waals surface area contributed by atoms with E-state index in [-0.39, 0.29) is 5.28 Å². The van der Waals surface area contributed by atoms with Crippen molar-refractivity contribution in [2.24, 2.45) is 5.92 Å². The van der Waals surface area contributed by atoms with Gasteiger partial charge in [0.2, 0.25) is 5.28 Å². The van der Waals surface area contributed by atoms with Crippen LogP contribution in [0.4, 0.5) is 0 Å². The lowest BCUT2D eigenvalue weighted by Gasteiger charge is -2.40. The number of likely N-dealkylation sites (tertiary alicyclic amines) is 1. The van der Waals surface area contributed by atoms with Crippen molar-refractivity contribution in [2.45, 2.75) is 51.8 Å². The van der Waals surface area contributed by atoms with Crippen LogP contribution in [-0.2, 0) is 6.54 Å². The highest BCUT2D eigenvalue weighted by molar-refractivity contribution is 6.29. The Balaban J connectivity index is 1.49. The van der Waals surface area contributed by atoms with Crippen LogP contribution in [0.15, 0.2) is 24.7 Å². The fourth-order valence-electron chi connectivity index (χ4n) is 4.74. The van der Waals surface area contributed by atoms with Gasteiger partial charge in [-0.05, 0) is 63.1 Å². The number of fused-ring (bicyclic) bond motifs is 2. The molecule has 4 aromatic heterocycles. The molecule has 2 fully saturated rings. The maximum Gasteiger partial charge on any atom is 0.223 e. The molecule has 2 aliphatic rings. The van der Waals surface area contributed by atoms with Crippen LogP contribution in [0.2, 0.25) is 5.28 Å². The number of aryl methyl sites for hydroxylation is 1. The number of hydrogen-bond acceptors (Lipinski definition) is 6. The van der Waals surface area contributed by atoms with Gasteiger partial charge in [0.1, 0.15) is 28.0 Å². The molecule has 1 saturated heterocycles. The molecule has 35 heavy (non-hydrogen) atoms. The second-order valence-corrected chi connectivity index (χ2v) is 10.6. The minimum atomic E-state index is -1.10. The molecule has 0 radical (unpaired) electrons. The number of halogens is 1. The molecular formula is C26H28ClN7O. The molecule has 0 unspecified atom stereocenters. The molecule has 4 aromatic rings. The Labute approximate surface area is 208 Å². The van der Waals surface area contributed by atoms with Crippen molar-refractivity contribution in [1.82, 2.24) is 34.2 Å². The first-order chi connectivity index (χ1) is 16.8. The van der Waals surface area contributed by atoms with Gasteiger partial charge in [0.25, 0.3) is 0 Å². The van der Waals surface area contributed by atoms with E-state index in [0.29, 0.717) is 17.4 Å². The van der Waals surface area contributed by atoms with Gasteiger partial charge in [0, 0.05) is 43.3 Å². The second kappa shape index (κ2) is 8.30. The molecule has 9 heteroatoms. The Hall–Kier alpha value is -2.99. The summed E-state index contributed by atoms with van der Waals surface area (Å²) in [5, 5.41) is 16.0. The first-order valence-electron chi connectivity index (χ1n) is 12.2. The van der Waals surface area contributed by atoms with Crippen LogP contribution in [0.1, 0.15) is 45.3 Å². The molecule has 1 aliphatic heterocycles. The molecular weight excluding hydrogens is 462 g/mol. The van der Waals surface area contributed by atoms with Crippen molar-refractivity contribution >= 4 is 33.5 Å². The molecule has 0 aromatic carbocycles. The number of hydrogen-bond donors (Lipinski definition) is 1. The summed E-state index contributed by atoms with van der Waals surface area (Å²) in [7, 11) is 0. The molecule has 0 amide bonds. The highest BCUT2D eigenvalue weighted by atomic mass is 35.5. The first-order valence-corrected chi connectivity index (χ1v) is 12.5. The fourth-order valence-corrected chi connectivity index (χ4v) is 4.91. The van der Waals surface area contributed by atoms with Gasteiger partial charge in [-0.3, -0.25) is 9.58 Å². The minimum Gasteiger partial charge on any atom is -0.378 e. The lowest BCUT2D eigenvalue weighted by atomic mass is 10.1. The number of rotatable bonds is 5. The van der Waals surface area contributed by atoms with Gasteiger partial charge in [-0.25, -0.2) is 15.0 Å². The van der Waals surface area contributed by atoms with E-state index < -0.39 is 5.60 Å². The Bertz CT molecular complexity index is 1490. The Kier molecular flexibility index (Phi) is 5.33. The van der Waals surface area contributed by atoms with Crippen molar-refractivity contribution in [2.75, 3.05) is 19.6 Å². The first kappa shape index (κ1) is 22.5. The predicted octanol–water partition coefficient (Wildman–Crippen LogP) is 3.91. The smallest absolute Gasteiger partial charge is 0.223 e. The average molecular weight is 490 g/mol. The second-order valence-electron chi connectivity index (χ2n) is 10.2. The molecule has 5 heterocycles. The normalized spacial score (nSPS) is 17.1. The number of nitrogens with zero attached hydrogens (tertiary/aromatic N) is 7. The van der Waals surface area contributed by atoms with Crippen LogP contribution in [0.5, 0.6) is 0 Å². The van der Waals surface area contributed by atoms with E-state index in [2.05, 4.69) is 42.5 Å². The predicted molar refractivity (Wildman–Crippen MR) is 136 cm³/mol. The lowest BCUT2D eigenvalue weighted by molar-refractivity contribution is 0.104. The average Bonchev–Trinajstić information content (AvgIpc) is 3.39. The molecule has 0 atom stereocenters. The molecule has 8 nitrogen and oxygen atoms in total. The van der Waals surface area contributed by atoms with Gasteiger partial charge in [0.15, 0.2) is 0 Å². The Morgan fingerprint density at radius 2 is 2.00 bits per heavy atom. The van der Waals surface area contributed by atoms with E-state index in [4.69, 9.17) is 16.7 Å². The van der Waals surface area contributed by atoms with Gasteiger partial charge in [0.05, 0.1) is 24.0 Å². The van der Waals surface area contributed by atoms with Crippen LogP contribution < -0.4 is 0 Å². The zero-order chi connectivity index (χ0) is 24.3. The summed E-state index contributed by atoms with van der Waals surface area (Å²) in [5.41, 5.74) is 3.61. The number of pyridine rings is 1. The summed E-state index contributed by atoms with van der Waals surface area (Å²) >= 11 is 6.35. The topological polar surface area (TPSA) is 84.9 Å². The molecule has 1 N–H and O–H groups in total. The summed E-state index contributed by atoms with van der Waals surface area (Å²) in [6.07, 6.45) is 8.66. The van der Waals surface area contributed by atoms with E-state index in [1.807, 2.05) is 30.1 Å². The largest absolute Gasteiger partial charge is 0.378 e. The van der Waals surface area contributed by atoms with Crippen LogP contribution >= 0.6 is 11.6 Å².